The minimum Gasteiger partial charge on any atom is -0.465 e. The van der Waals surface area contributed by atoms with Gasteiger partial charge in [-0.05, 0) is 32.0 Å². The lowest BCUT2D eigenvalue weighted by molar-refractivity contribution is 0.190. The molecule has 2 aromatic rings. The smallest absolute Gasteiger partial charge is 0.405 e. The minimum absolute atomic E-state index is 0.339. The van der Waals surface area contributed by atoms with Crippen LogP contribution in [-0.4, -0.2) is 20.8 Å². The normalized spacial score (nSPS) is 12.6. The van der Waals surface area contributed by atoms with Gasteiger partial charge in [0.25, 0.3) is 0 Å². The molecule has 0 aliphatic heterocycles. The molecule has 5 nitrogen and oxygen atoms in total. The number of nitrogens with zero attached hydrogens (tertiary/aromatic N) is 2. The number of rotatable bonds is 3. The zero-order valence-electron chi connectivity index (χ0n) is 10.1. The molecule has 0 saturated heterocycles. The Morgan fingerprint density at radius 1 is 1.61 bits per heavy atom. The maximum absolute atomic E-state index is 10.7. The maximum atomic E-state index is 10.7. The van der Waals surface area contributed by atoms with Gasteiger partial charge in [-0.25, -0.2) is 9.78 Å². The Labute approximate surface area is 113 Å². The Morgan fingerprint density at radius 2 is 2.33 bits per heavy atom. The largest absolute Gasteiger partial charge is 0.465 e. The molecule has 1 atom stereocenters. The second kappa shape index (κ2) is 4.97. The van der Waals surface area contributed by atoms with Crippen LogP contribution in [0.3, 0.4) is 0 Å². The van der Waals surface area contributed by atoms with Crippen LogP contribution in [0.2, 0.25) is 0 Å². The average molecular weight is 312 g/mol. The van der Waals surface area contributed by atoms with Crippen LogP contribution in [-0.2, 0) is 6.54 Å². The van der Waals surface area contributed by atoms with Gasteiger partial charge in [0.15, 0.2) is 0 Å². The molecule has 0 bridgehead atoms. The van der Waals surface area contributed by atoms with Crippen LogP contribution in [0.5, 0.6) is 0 Å². The molecular formula is C12H14BrN3O2. The number of nitrogens with one attached hydrogen (secondary N) is 1. The predicted molar refractivity (Wildman–Crippen MR) is 72.7 cm³/mol. The fourth-order valence-electron chi connectivity index (χ4n) is 2.03. The van der Waals surface area contributed by atoms with Gasteiger partial charge in [-0.15, -0.1) is 0 Å². The highest BCUT2D eigenvalue weighted by Gasteiger charge is 2.17. The van der Waals surface area contributed by atoms with E-state index in [4.69, 9.17) is 5.11 Å². The van der Waals surface area contributed by atoms with Crippen molar-refractivity contribution >= 4 is 33.1 Å². The van der Waals surface area contributed by atoms with E-state index in [9.17, 15) is 4.79 Å². The molecule has 0 aliphatic rings. The first kappa shape index (κ1) is 12.9. The van der Waals surface area contributed by atoms with E-state index in [1.54, 1.807) is 6.92 Å². The molecular weight excluding hydrogens is 298 g/mol. The molecule has 1 amide bonds. The summed E-state index contributed by atoms with van der Waals surface area (Å²) in [4.78, 5) is 15.2. The lowest BCUT2D eigenvalue weighted by atomic mass is 10.3. The molecule has 18 heavy (non-hydrogen) atoms. The molecule has 1 unspecified atom stereocenters. The molecule has 0 radical (unpaired) electrons. The number of aryl methyl sites for hydroxylation is 1. The SMILES string of the molecule is CCn1c(C(C)NC(=O)O)nc2cc(Br)ccc21. The van der Waals surface area contributed by atoms with E-state index in [1.165, 1.54) is 0 Å². The van der Waals surface area contributed by atoms with Crippen molar-refractivity contribution in [2.75, 3.05) is 0 Å². The Morgan fingerprint density at radius 3 is 2.94 bits per heavy atom. The Kier molecular flexibility index (Phi) is 3.56. The number of carbonyl (C=O) groups is 1. The van der Waals surface area contributed by atoms with Crippen LogP contribution in [0.4, 0.5) is 4.79 Å². The molecule has 0 aliphatic carbocycles. The van der Waals surface area contributed by atoms with E-state index in [1.807, 2.05) is 29.7 Å². The molecule has 1 aromatic carbocycles. The molecule has 96 valence electrons. The zero-order valence-corrected chi connectivity index (χ0v) is 11.7. The summed E-state index contributed by atoms with van der Waals surface area (Å²) in [6.07, 6.45) is -1.04. The highest BCUT2D eigenvalue weighted by atomic mass is 79.9. The number of carboxylic acid groups (broad SMARTS) is 1. The summed E-state index contributed by atoms with van der Waals surface area (Å²) in [5.41, 5.74) is 1.87. The fourth-order valence-corrected chi connectivity index (χ4v) is 2.38. The van der Waals surface area contributed by atoms with Gasteiger partial charge in [-0.3, -0.25) is 0 Å². The number of amides is 1. The molecule has 0 saturated carbocycles. The second-order valence-corrected chi connectivity index (χ2v) is 4.93. The van der Waals surface area contributed by atoms with E-state index in [0.29, 0.717) is 0 Å². The van der Waals surface area contributed by atoms with E-state index >= 15 is 0 Å². The van der Waals surface area contributed by atoms with Crippen LogP contribution in [0.1, 0.15) is 25.7 Å². The summed E-state index contributed by atoms with van der Waals surface area (Å²) >= 11 is 3.41. The fraction of sp³-hybridized carbons (Fsp3) is 0.333. The molecule has 2 rings (SSSR count). The highest BCUT2D eigenvalue weighted by Crippen LogP contribution is 2.23. The Balaban J connectivity index is 2.52. The summed E-state index contributed by atoms with van der Waals surface area (Å²) in [6.45, 7) is 4.55. The van der Waals surface area contributed by atoms with Crippen molar-refractivity contribution in [3.8, 4) is 0 Å². The lowest BCUT2D eigenvalue weighted by Crippen LogP contribution is -2.26. The van der Waals surface area contributed by atoms with Crippen molar-refractivity contribution in [1.82, 2.24) is 14.9 Å². The molecule has 0 spiro atoms. The Hall–Kier alpha value is -1.56. The molecule has 1 aromatic heterocycles. The van der Waals surface area contributed by atoms with Gasteiger partial charge in [-0.2, -0.15) is 0 Å². The van der Waals surface area contributed by atoms with Crippen LogP contribution in [0.25, 0.3) is 11.0 Å². The number of benzene rings is 1. The standard InChI is InChI=1S/C12H14BrN3O2/c1-3-16-10-5-4-8(13)6-9(10)15-11(16)7(2)14-12(17)18/h4-7,14H,3H2,1-2H3,(H,17,18). The number of halogens is 1. The first-order chi connectivity index (χ1) is 8.52. The zero-order chi connectivity index (χ0) is 13.3. The minimum atomic E-state index is -1.04. The number of hydrogen-bond acceptors (Lipinski definition) is 2. The third kappa shape index (κ3) is 2.33. The van der Waals surface area contributed by atoms with Gasteiger partial charge in [0.05, 0.1) is 17.1 Å². The first-order valence-corrected chi connectivity index (χ1v) is 6.47. The van der Waals surface area contributed by atoms with Gasteiger partial charge in [0.1, 0.15) is 5.82 Å². The number of aromatic nitrogens is 2. The molecule has 1 heterocycles. The van der Waals surface area contributed by atoms with Crippen LogP contribution in [0, 0.1) is 0 Å². The van der Waals surface area contributed by atoms with Gasteiger partial charge >= 0.3 is 6.09 Å². The second-order valence-electron chi connectivity index (χ2n) is 4.02. The third-order valence-corrected chi connectivity index (χ3v) is 3.28. The van der Waals surface area contributed by atoms with Crippen molar-refractivity contribution in [2.45, 2.75) is 26.4 Å². The van der Waals surface area contributed by atoms with E-state index in [-0.39, 0.29) is 6.04 Å². The quantitative estimate of drug-likeness (QED) is 0.915. The van der Waals surface area contributed by atoms with E-state index < -0.39 is 6.09 Å². The van der Waals surface area contributed by atoms with Crippen molar-refractivity contribution < 1.29 is 9.90 Å². The van der Waals surface area contributed by atoms with Gasteiger partial charge in [-0.1, -0.05) is 15.9 Å². The van der Waals surface area contributed by atoms with Crippen molar-refractivity contribution in [2.24, 2.45) is 0 Å². The number of hydrogen-bond donors (Lipinski definition) is 2. The predicted octanol–water partition coefficient (Wildman–Crippen LogP) is 3.15. The van der Waals surface area contributed by atoms with Crippen molar-refractivity contribution in [3.05, 3.63) is 28.5 Å². The number of imidazole rings is 1. The molecule has 2 N–H and O–H groups in total. The summed E-state index contributed by atoms with van der Waals surface area (Å²) in [5, 5.41) is 11.2. The maximum Gasteiger partial charge on any atom is 0.405 e. The van der Waals surface area contributed by atoms with E-state index in [2.05, 4.69) is 26.2 Å². The van der Waals surface area contributed by atoms with Crippen LogP contribution in [0.15, 0.2) is 22.7 Å². The molecule has 0 fully saturated rings. The third-order valence-electron chi connectivity index (χ3n) is 2.78. The lowest BCUT2D eigenvalue weighted by Gasteiger charge is -2.12. The topological polar surface area (TPSA) is 67.2 Å². The highest BCUT2D eigenvalue weighted by molar-refractivity contribution is 9.10. The van der Waals surface area contributed by atoms with Gasteiger partial charge in [0, 0.05) is 11.0 Å². The van der Waals surface area contributed by atoms with Crippen LogP contribution >= 0.6 is 15.9 Å². The van der Waals surface area contributed by atoms with Crippen molar-refractivity contribution in [1.29, 1.82) is 0 Å². The molecule has 6 heteroatoms. The van der Waals surface area contributed by atoms with Gasteiger partial charge in [0.2, 0.25) is 0 Å². The number of fused-ring (bicyclic) bond motifs is 1. The summed E-state index contributed by atoms with van der Waals surface area (Å²) in [6, 6.07) is 5.52. The Bertz CT molecular complexity index is 594. The monoisotopic (exact) mass is 311 g/mol. The summed E-state index contributed by atoms with van der Waals surface area (Å²) in [5.74, 6) is 0.730. The first-order valence-electron chi connectivity index (χ1n) is 5.68. The summed E-state index contributed by atoms with van der Waals surface area (Å²) < 4.78 is 2.98. The van der Waals surface area contributed by atoms with Crippen LogP contribution < -0.4 is 5.32 Å². The van der Waals surface area contributed by atoms with E-state index in [0.717, 1.165) is 27.9 Å². The van der Waals surface area contributed by atoms with Crippen molar-refractivity contribution in [3.63, 3.8) is 0 Å². The average Bonchev–Trinajstić information content (AvgIpc) is 2.65. The van der Waals surface area contributed by atoms with Gasteiger partial charge < -0.3 is 15.0 Å². The summed E-state index contributed by atoms with van der Waals surface area (Å²) in [7, 11) is 0.